The molecule has 0 atom stereocenters. The highest BCUT2D eigenvalue weighted by atomic mass is 19.1. The second-order valence-corrected chi connectivity index (χ2v) is 7.17. The normalized spacial score (nSPS) is 10.9. The second kappa shape index (κ2) is 9.16. The van der Waals surface area contributed by atoms with Gasteiger partial charge in [-0.3, -0.25) is 4.90 Å². The molecule has 6 nitrogen and oxygen atoms in total. The number of hydrogen-bond acceptors (Lipinski definition) is 2. The van der Waals surface area contributed by atoms with Crippen LogP contribution in [0.1, 0.15) is 20.8 Å². The maximum absolute atomic E-state index is 13.8. The van der Waals surface area contributed by atoms with Crippen LogP contribution in [-0.2, 0) is 0 Å². The summed E-state index contributed by atoms with van der Waals surface area (Å²) in [5.41, 5.74) is 0.0365. The molecule has 0 aliphatic carbocycles. The number of hydrogen-bond donors (Lipinski definition) is 3. The Morgan fingerprint density at radius 3 is 2.25 bits per heavy atom. The van der Waals surface area contributed by atoms with Crippen LogP contribution < -0.4 is 20.9 Å². The van der Waals surface area contributed by atoms with Crippen molar-refractivity contribution in [2.45, 2.75) is 26.3 Å². The van der Waals surface area contributed by atoms with Crippen molar-refractivity contribution in [1.82, 2.24) is 10.6 Å². The zero-order valence-corrected chi connectivity index (χ0v) is 16.1. The van der Waals surface area contributed by atoms with Gasteiger partial charge in [0, 0.05) is 24.3 Å². The first-order valence-corrected chi connectivity index (χ1v) is 8.80. The summed E-state index contributed by atoms with van der Waals surface area (Å²) >= 11 is 0. The third-order valence-electron chi connectivity index (χ3n) is 3.61. The first-order chi connectivity index (χ1) is 13.2. The third kappa shape index (κ3) is 6.53. The highest BCUT2D eigenvalue weighted by Gasteiger charge is 2.18. The summed E-state index contributed by atoms with van der Waals surface area (Å²) in [5, 5.41) is 7.90. The Balaban J connectivity index is 2.09. The van der Waals surface area contributed by atoms with E-state index in [0.29, 0.717) is 5.69 Å². The van der Waals surface area contributed by atoms with E-state index in [1.807, 2.05) is 20.8 Å². The quantitative estimate of drug-likeness (QED) is 0.719. The Bertz CT molecular complexity index is 820. The molecule has 0 aromatic heterocycles. The fourth-order valence-corrected chi connectivity index (χ4v) is 2.38. The van der Waals surface area contributed by atoms with Crippen LogP contribution in [0.25, 0.3) is 0 Å². The smallest absolute Gasteiger partial charge is 0.326 e. The van der Waals surface area contributed by atoms with Gasteiger partial charge in [-0.2, -0.15) is 0 Å². The van der Waals surface area contributed by atoms with E-state index < -0.39 is 23.2 Å². The minimum Gasteiger partial charge on any atom is -0.336 e. The Labute approximate surface area is 162 Å². The highest BCUT2D eigenvalue weighted by molar-refractivity contribution is 6.01. The molecule has 0 radical (unpaired) electrons. The van der Waals surface area contributed by atoms with Crippen LogP contribution in [0.4, 0.5) is 29.7 Å². The standard InChI is InChI=1S/C20H24F2N4O2/c1-20(2,3)25-18(27)23-12-13-26(15-10-8-14(21)9-11-15)19(28)24-17-7-5-4-6-16(17)22/h4-11H,12-13H2,1-3H3,(H,24,28)(H2,23,25,27). The fourth-order valence-electron chi connectivity index (χ4n) is 2.38. The SMILES string of the molecule is CC(C)(C)NC(=O)NCCN(C(=O)Nc1ccccc1F)c1ccc(F)cc1. The maximum atomic E-state index is 13.8. The summed E-state index contributed by atoms with van der Waals surface area (Å²) in [4.78, 5) is 25.9. The molecule has 0 bridgehead atoms. The number of amides is 4. The average Bonchev–Trinajstić information content (AvgIpc) is 2.60. The Kier molecular flexibility index (Phi) is 6.92. The largest absolute Gasteiger partial charge is 0.336 e. The van der Waals surface area contributed by atoms with Crippen molar-refractivity contribution < 1.29 is 18.4 Å². The predicted octanol–water partition coefficient (Wildman–Crippen LogP) is 4.10. The lowest BCUT2D eigenvalue weighted by Crippen LogP contribution is -2.49. The van der Waals surface area contributed by atoms with Gasteiger partial charge in [-0.1, -0.05) is 12.1 Å². The van der Waals surface area contributed by atoms with Gasteiger partial charge in [0.2, 0.25) is 0 Å². The fraction of sp³-hybridized carbons (Fsp3) is 0.300. The second-order valence-electron chi connectivity index (χ2n) is 7.17. The van der Waals surface area contributed by atoms with E-state index in [1.165, 1.54) is 47.4 Å². The molecule has 0 saturated heterocycles. The number of carbonyl (C=O) groups excluding carboxylic acids is 2. The number of para-hydroxylation sites is 1. The van der Waals surface area contributed by atoms with E-state index in [-0.39, 0.29) is 24.8 Å². The summed E-state index contributed by atoms with van der Waals surface area (Å²) < 4.78 is 27.1. The van der Waals surface area contributed by atoms with E-state index in [9.17, 15) is 18.4 Å². The number of rotatable bonds is 5. The zero-order chi connectivity index (χ0) is 20.7. The van der Waals surface area contributed by atoms with E-state index in [0.717, 1.165) is 0 Å². The van der Waals surface area contributed by atoms with Crippen LogP contribution >= 0.6 is 0 Å². The van der Waals surface area contributed by atoms with E-state index in [2.05, 4.69) is 16.0 Å². The van der Waals surface area contributed by atoms with Gasteiger partial charge in [0.25, 0.3) is 0 Å². The van der Waals surface area contributed by atoms with Crippen molar-refractivity contribution in [3.63, 3.8) is 0 Å². The molecule has 0 spiro atoms. The zero-order valence-electron chi connectivity index (χ0n) is 16.1. The number of nitrogens with one attached hydrogen (secondary N) is 3. The molecular weight excluding hydrogens is 366 g/mol. The van der Waals surface area contributed by atoms with E-state index >= 15 is 0 Å². The number of benzene rings is 2. The Hall–Kier alpha value is -3.16. The molecule has 8 heteroatoms. The van der Waals surface area contributed by atoms with Crippen molar-refractivity contribution in [2.24, 2.45) is 0 Å². The molecule has 0 aliphatic rings. The lowest BCUT2D eigenvalue weighted by Gasteiger charge is -2.25. The van der Waals surface area contributed by atoms with Gasteiger partial charge in [-0.25, -0.2) is 18.4 Å². The summed E-state index contributed by atoms with van der Waals surface area (Å²) in [6.45, 7) is 5.78. The number of halogens is 2. The van der Waals surface area contributed by atoms with Gasteiger partial charge in [0.15, 0.2) is 0 Å². The third-order valence-corrected chi connectivity index (χ3v) is 3.61. The number of anilines is 2. The number of carbonyl (C=O) groups is 2. The monoisotopic (exact) mass is 390 g/mol. The predicted molar refractivity (Wildman–Crippen MR) is 105 cm³/mol. The topological polar surface area (TPSA) is 73.5 Å². The molecular formula is C20H24F2N4O2. The molecule has 0 fully saturated rings. The number of urea groups is 2. The lowest BCUT2D eigenvalue weighted by molar-refractivity contribution is 0.232. The van der Waals surface area contributed by atoms with Crippen LogP contribution in [-0.4, -0.2) is 30.7 Å². The summed E-state index contributed by atoms with van der Waals surface area (Å²) in [5.74, 6) is -1.02. The van der Waals surface area contributed by atoms with Gasteiger partial charge in [0.1, 0.15) is 11.6 Å². The van der Waals surface area contributed by atoms with E-state index in [1.54, 1.807) is 6.07 Å². The minimum atomic E-state index is -0.602. The minimum absolute atomic E-state index is 0.0260. The Morgan fingerprint density at radius 2 is 1.64 bits per heavy atom. The van der Waals surface area contributed by atoms with Gasteiger partial charge >= 0.3 is 12.1 Å². The summed E-state index contributed by atoms with van der Waals surface area (Å²) in [7, 11) is 0. The van der Waals surface area contributed by atoms with Crippen LogP contribution in [0.5, 0.6) is 0 Å². The highest BCUT2D eigenvalue weighted by Crippen LogP contribution is 2.18. The van der Waals surface area contributed by atoms with Crippen LogP contribution in [0.3, 0.4) is 0 Å². The molecule has 4 amide bonds. The molecule has 2 aromatic rings. The summed E-state index contributed by atoms with van der Waals surface area (Å²) in [6.07, 6.45) is 0. The molecule has 150 valence electrons. The van der Waals surface area contributed by atoms with Crippen molar-refractivity contribution >= 4 is 23.4 Å². The Morgan fingerprint density at radius 1 is 1.00 bits per heavy atom. The number of nitrogens with zero attached hydrogens (tertiary/aromatic N) is 1. The van der Waals surface area contributed by atoms with Crippen LogP contribution in [0, 0.1) is 11.6 Å². The average molecular weight is 390 g/mol. The van der Waals surface area contributed by atoms with Gasteiger partial charge in [0.05, 0.1) is 5.69 Å². The van der Waals surface area contributed by atoms with Crippen LogP contribution in [0.15, 0.2) is 48.5 Å². The van der Waals surface area contributed by atoms with Crippen LogP contribution in [0.2, 0.25) is 0 Å². The van der Waals surface area contributed by atoms with Gasteiger partial charge < -0.3 is 16.0 Å². The molecule has 28 heavy (non-hydrogen) atoms. The van der Waals surface area contributed by atoms with Gasteiger partial charge in [-0.05, 0) is 57.2 Å². The molecule has 2 rings (SSSR count). The van der Waals surface area contributed by atoms with Crippen molar-refractivity contribution in [2.75, 3.05) is 23.3 Å². The van der Waals surface area contributed by atoms with Crippen molar-refractivity contribution in [3.05, 3.63) is 60.2 Å². The summed E-state index contributed by atoms with van der Waals surface area (Å²) in [6, 6.07) is 10.1. The molecule has 2 aromatic carbocycles. The molecule has 0 aliphatic heterocycles. The first-order valence-electron chi connectivity index (χ1n) is 8.80. The molecule has 3 N–H and O–H groups in total. The lowest BCUT2D eigenvalue weighted by atomic mass is 10.1. The first kappa shape index (κ1) is 21.1. The molecule has 0 saturated carbocycles. The van der Waals surface area contributed by atoms with Crippen molar-refractivity contribution in [1.29, 1.82) is 0 Å². The molecule has 0 heterocycles. The molecule has 0 unspecified atom stereocenters. The maximum Gasteiger partial charge on any atom is 0.326 e. The van der Waals surface area contributed by atoms with Gasteiger partial charge in [-0.15, -0.1) is 0 Å². The van der Waals surface area contributed by atoms with Crippen molar-refractivity contribution in [3.8, 4) is 0 Å². The van der Waals surface area contributed by atoms with E-state index in [4.69, 9.17) is 0 Å².